The van der Waals surface area contributed by atoms with E-state index in [2.05, 4.69) is 19.2 Å². The van der Waals surface area contributed by atoms with Crippen LogP contribution in [0.5, 0.6) is 5.75 Å². The number of nitrogens with one attached hydrogen (secondary N) is 1. The molecule has 2 aromatic carbocycles. The third-order valence-electron chi connectivity index (χ3n) is 7.28. The molecule has 34 heavy (non-hydrogen) atoms. The standard InChI is InChI=1S/C26H33FN2O4S/c1-3-26(4-2)17-23(22-7-5-6-8-24(22)33-26)28-25(30)20-13-15-29(16-14-20)34(31,32)18-19-9-11-21(27)12-10-19/h5-12,20,23H,3-4,13-18H2,1-2H3,(H,28,30)/t23-/m0/s1. The molecule has 2 aliphatic rings. The number of amides is 1. The zero-order valence-electron chi connectivity index (χ0n) is 19.8. The van der Waals surface area contributed by atoms with Gasteiger partial charge in [0.2, 0.25) is 15.9 Å². The van der Waals surface area contributed by atoms with Crippen molar-refractivity contribution in [2.24, 2.45) is 5.92 Å². The second-order valence-electron chi connectivity index (χ2n) is 9.35. The van der Waals surface area contributed by atoms with E-state index in [1.807, 2.05) is 24.3 Å². The van der Waals surface area contributed by atoms with Crippen LogP contribution in [0.1, 0.15) is 63.1 Å². The van der Waals surface area contributed by atoms with E-state index >= 15 is 0 Å². The fourth-order valence-corrected chi connectivity index (χ4v) is 6.56. The van der Waals surface area contributed by atoms with E-state index < -0.39 is 15.8 Å². The van der Waals surface area contributed by atoms with Gasteiger partial charge in [0.1, 0.15) is 17.2 Å². The first kappa shape index (κ1) is 24.7. The van der Waals surface area contributed by atoms with E-state index in [-0.39, 0.29) is 29.2 Å². The van der Waals surface area contributed by atoms with E-state index in [1.165, 1.54) is 28.6 Å². The molecular formula is C26H33FN2O4S. The summed E-state index contributed by atoms with van der Waals surface area (Å²) in [5.41, 5.74) is 1.24. The molecule has 4 rings (SSSR count). The summed E-state index contributed by atoms with van der Waals surface area (Å²) in [5.74, 6) is 0.00192. The SMILES string of the molecule is CCC1(CC)C[C@H](NC(=O)C2CCN(S(=O)(=O)Cc3ccc(F)cc3)CC2)c2ccccc2O1. The maximum absolute atomic E-state index is 13.2. The molecule has 1 saturated heterocycles. The summed E-state index contributed by atoms with van der Waals surface area (Å²) in [7, 11) is -3.53. The number of fused-ring (bicyclic) bond motifs is 1. The van der Waals surface area contributed by atoms with Crippen LogP contribution in [0.3, 0.4) is 0 Å². The number of halogens is 1. The minimum Gasteiger partial charge on any atom is -0.487 e. The highest BCUT2D eigenvalue weighted by Gasteiger charge is 2.40. The smallest absolute Gasteiger partial charge is 0.223 e. The lowest BCUT2D eigenvalue weighted by Crippen LogP contribution is -2.47. The molecule has 8 heteroatoms. The first-order valence-corrected chi connectivity index (χ1v) is 13.7. The van der Waals surface area contributed by atoms with Crippen LogP contribution >= 0.6 is 0 Å². The molecule has 0 radical (unpaired) electrons. The van der Waals surface area contributed by atoms with Crippen LogP contribution in [0.4, 0.5) is 4.39 Å². The first-order valence-electron chi connectivity index (χ1n) is 12.1. The van der Waals surface area contributed by atoms with E-state index in [9.17, 15) is 17.6 Å². The Morgan fingerprint density at radius 3 is 2.38 bits per heavy atom. The number of carbonyl (C=O) groups is 1. The number of hydrogen-bond donors (Lipinski definition) is 1. The number of hydrogen-bond acceptors (Lipinski definition) is 4. The predicted molar refractivity (Wildman–Crippen MR) is 129 cm³/mol. The molecule has 0 aromatic heterocycles. The van der Waals surface area contributed by atoms with Crippen molar-refractivity contribution in [2.75, 3.05) is 13.1 Å². The van der Waals surface area contributed by atoms with Gasteiger partial charge in [-0.05, 0) is 49.4 Å². The van der Waals surface area contributed by atoms with Crippen molar-refractivity contribution in [3.63, 3.8) is 0 Å². The van der Waals surface area contributed by atoms with Gasteiger partial charge in [0.25, 0.3) is 0 Å². The highest BCUT2D eigenvalue weighted by molar-refractivity contribution is 7.88. The molecule has 0 bridgehead atoms. The summed E-state index contributed by atoms with van der Waals surface area (Å²) in [6.45, 7) is 4.83. The van der Waals surface area contributed by atoms with Gasteiger partial charge in [-0.15, -0.1) is 0 Å². The molecule has 2 aromatic rings. The van der Waals surface area contributed by atoms with Gasteiger partial charge < -0.3 is 10.1 Å². The molecule has 1 atom stereocenters. The largest absolute Gasteiger partial charge is 0.487 e. The van der Waals surface area contributed by atoms with Crippen LogP contribution in [0, 0.1) is 11.7 Å². The van der Waals surface area contributed by atoms with Crippen LogP contribution < -0.4 is 10.1 Å². The van der Waals surface area contributed by atoms with Gasteiger partial charge in [-0.2, -0.15) is 0 Å². The summed E-state index contributed by atoms with van der Waals surface area (Å²) in [5, 5.41) is 3.24. The Hall–Kier alpha value is -2.45. The Bertz CT molecular complexity index is 1110. The van der Waals surface area contributed by atoms with Crippen LogP contribution in [-0.2, 0) is 20.6 Å². The fourth-order valence-electron chi connectivity index (χ4n) is 5.00. The van der Waals surface area contributed by atoms with Gasteiger partial charge in [-0.1, -0.05) is 44.2 Å². The van der Waals surface area contributed by atoms with Gasteiger partial charge in [0.15, 0.2) is 0 Å². The lowest BCUT2D eigenvalue weighted by molar-refractivity contribution is -0.127. The molecule has 184 valence electrons. The zero-order chi connectivity index (χ0) is 24.3. The van der Waals surface area contributed by atoms with Crippen LogP contribution in [0.25, 0.3) is 0 Å². The summed E-state index contributed by atoms with van der Waals surface area (Å²) in [4.78, 5) is 13.2. The highest BCUT2D eigenvalue weighted by atomic mass is 32.2. The summed E-state index contributed by atoms with van der Waals surface area (Å²) in [6, 6.07) is 13.2. The number of rotatable bonds is 7. The number of sulfonamides is 1. The molecule has 0 aliphatic carbocycles. The normalized spacial score (nSPS) is 20.9. The Kier molecular flexibility index (Phi) is 7.28. The van der Waals surface area contributed by atoms with Crippen molar-refractivity contribution in [2.45, 2.75) is 63.3 Å². The van der Waals surface area contributed by atoms with Crippen molar-refractivity contribution >= 4 is 15.9 Å². The zero-order valence-corrected chi connectivity index (χ0v) is 20.6. The summed E-state index contributed by atoms with van der Waals surface area (Å²) >= 11 is 0. The average Bonchev–Trinajstić information content (AvgIpc) is 2.85. The van der Waals surface area contributed by atoms with E-state index in [4.69, 9.17) is 4.74 Å². The predicted octanol–water partition coefficient (Wildman–Crippen LogP) is 4.57. The highest BCUT2D eigenvalue weighted by Crippen LogP contribution is 2.42. The number of nitrogens with zero attached hydrogens (tertiary/aromatic N) is 1. The molecule has 1 N–H and O–H groups in total. The maximum atomic E-state index is 13.2. The molecule has 2 heterocycles. The molecule has 1 amide bonds. The number of piperidine rings is 1. The minimum atomic E-state index is -3.53. The third-order valence-corrected chi connectivity index (χ3v) is 9.13. The summed E-state index contributed by atoms with van der Waals surface area (Å²) in [6.07, 6.45) is 3.38. The molecule has 0 spiro atoms. The average molecular weight is 489 g/mol. The van der Waals surface area contributed by atoms with Crippen LogP contribution in [-0.4, -0.2) is 37.3 Å². The molecule has 1 fully saturated rings. The first-order chi connectivity index (χ1) is 16.2. The van der Waals surface area contributed by atoms with Crippen molar-refractivity contribution in [1.29, 1.82) is 0 Å². The van der Waals surface area contributed by atoms with Gasteiger partial charge in [-0.3, -0.25) is 4.79 Å². The number of carbonyl (C=O) groups excluding carboxylic acids is 1. The van der Waals surface area contributed by atoms with E-state index in [1.54, 1.807) is 0 Å². The lowest BCUT2D eigenvalue weighted by Gasteiger charge is -2.42. The van der Waals surface area contributed by atoms with E-state index in [0.717, 1.165) is 24.2 Å². The monoisotopic (exact) mass is 488 g/mol. The number of para-hydroxylation sites is 1. The number of benzene rings is 2. The molecule has 0 unspecified atom stereocenters. The van der Waals surface area contributed by atoms with E-state index in [0.29, 0.717) is 37.9 Å². The third kappa shape index (κ3) is 5.28. The quantitative estimate of drug-likeness (QED) is 0.620. The van der Waals surface area contributed by atoms with Crippen LogP contribution in [0.2, 0.25) is 0 Å². The van der Waals surface area contributed by atoms with Crippen LogP contribution in [0.15, 0.2) is 48.5 Å². The van der Waals surface area contributed by atoms with Gasteiger partial charge in [0, 0.05) is 31.0 Å². The number of ether oxygens (including phenoxy) is 1. The summed E-state index contributed by atoms with van der Waals surface area (Å²) < 4.78 is 46.6. The van der Waals surface area contributed by atoms with Crippen molar-refractivity contribution in [1.82, 2.24) is 9.62 Å². The van der Waals surface area contributed by atoms with Gasteiger partial charge >= 0.3 is 0 Å². The Morgan fingerprint density at radius 2 is 1.74 bits per heavy atom. The lowest BCUT2D eigenvalue weighted by atomic mass is 9.83. The van der Waals surface area contributed by atoms with Gasteiger partial charge in [-0.25, -0.2) is 17.1 Å². The Labute approximate surface area is 201 Å². The maximum Gasteiger partial charge on any atom is 0.223 e. The molecular weight excluding hydrogens is 455 g/mol. The van der Waals surface area contributed by atoms with Crippen molar-refractivity contribution in [3.05, 3.63) is 65.5 Å². The molecule has 6 nitrogen and oxygen atoms in total. The Morgan fingerprint density at radius 1 is 1.09 bits per heavy atom. The fraction of sp³-hybridized carbons (Fsp3) is 0.500. The molecule has 0 saturated carbocycles. The second-order valence-corrected chi connectivity index (χ2v) is 11.3. The van der Waals surface area contributed by atoms with Gasteiger partial charge in [0.05, 0.1) is 11.8 Å². The molecule has 2 aliphatic heterocycles. The second kappa shape index (κ2) is 10.0. The Balaban J connectivity index is 1.38. The van der Waals surface area contributed by atoms with Crippen molar-refractivity contribution < 1.29 is 22.3 Å². The minimum absolute atomic E-state index is 0.0293. The van der Waals surface area contributed by atoms with Crippen molar-refractivity contribution in [3.8, 4) is 5.75 Å². The topological polar surface area (TPSA) is 75.7 Å².